The normalized spacial score (nSPS) is 9.83. The van der Waals surface area contributed by atoms with E-state index >= 15 is 0 Å². The summed E-state index contributed by atoms with van der Waals surface area (Å²) in [6.07, 6.45) is 0. The number of halogens is 1. The zero-order valence-corrected chi connectivity index (χ0v) is 5.94. The average molecular weight is 140 g/mol. The summed E-state index contributed by atoms with van der Waals surface area (Å²) >= 11 is 0. The van der Waals surface area contributed by atoms with Crippen LogP contribution < -0.4 is 0 Å². The van der Waals surface area contributed by atoms with Crippen molar-refractivity contribution < 1.29 is 18.5 Å². The Morgan fingerprint density at radius 3 is 1.50 bits per heavy atom. The molecule has 0 amide bonds. The fourth-order valence-corrected chi connectivity index (χ4v) is 0. The Morgan fingerprint density at radius 1 is 1.50 bits per heavy atom. The summed E-state index contributed by atoms with van der Waals surface area (Å²) in [5.74, 6) is 0. The molecule has 0 atom stereocenters. The van der Waals surface area contributed by atoms with E-state index in [1.54, 1.807) is 0 Å². The molecule has 0 fully saturated rings. The minimum atomic E-state index is -5.14. The van der Waals surface area contributed by atoms with Crippen LogP contribution in [0.4, 0.5) is 4.20 Å². The van der Waals surface area contributed by atoms with Gasteiger partial charge in [-0.2, -0.15) is 0 Å². The van der Waals surface area contributed by atoms with Gasteiger partial charge in [0.1, 0.15) is 0 Å². The van der Waals surface area contributed by atoms with Gasteiger partial charge in [-0.3, -0.25) is 9.79 Å². The summed E-state index contributed by atoms with van der Waals surface area (Å²) in [6, 6.07) is 0. The molecule has 0 aliphatic heterocycles. The van der Waals surface area contributed by atoms with E-state index in [0.29, 0.717) is 0 Å². The van der Waals surface area contributed by atoms with E-state index in [-0.39, 0.29) is 37.7 Å². The van der Waals surface area contributed by atoms with Gasteiger partial charge in [-0.15, -0.1) is 4.20 Å². The molecule has 0 bridgehead atoms. The minimum absolute atomic E-state index is 0. The van der Waals surface area contributed by atoms with E-state index < -0.39 is 7.91 Å². The topological polar surface area (TPSA) is 57.5 Å². The third kappa shape index (κ3) is 56.0. The Hall–Kier alpha value is 1.34. The predicted octanol–water partition coefficient (Wildman–Crippen LogP) is -0.332. The van der Waals surface area contributed by atoms with Crippen LogP contribution in [0.1, 0.15) is 0 Å². The second-order valence-corrected chi connectivity index (χ2v) is 1.42. The van der Waals surface area contributed by atoms with E-state index in [2.05, 4.69) is 0 Å². The molecule has 6 heavy (non-hydrogen) atoms. The minimum Gasteiger partial charge on any atom is -0.299 e. The summed E-state index contributed by atoms with van der Waals surface area (Å²) in [4.78, 5) is 13.9. The summed E-state index contributed by atoms with van der Waals surface area (Å²) in [5.41, 5.74) is 0. The molecule has 0 aliphatic carbocycles. The van der Waals surface area contributed by atoms with Crippen molar-refractivity contribution in [2.45, 2.75) is 0 Å². The van der Waals surface area contributed by atoms with Crippen LogP contribution in [0.3, 0.4) is 0 Å². The van der Waals surface area contributed by atoms with Crippen molar-refractivity contribution in [2.75, 3.05) is 0 Å². The van der Waals surface area contributed by atoms with Crippen molar-refractivity contribution in [3.63, 3.8) is 0 Å². The van der Waals surface area contributed by atoms with Crippen LogP contribution in [0.5, 0.6) is 0 Å². The van der Waals surface area contributed by atoms with Gasteiger partial charge in [-0.1, -0.05) is 0 Å². The smallest absolute Gasteiger partial charge is 0.299 e. The van der Waals surface area contributed by atoms with Crippen LogP contribution in [0, 0.1) is 0 Å². The van der Waals surface area contributed by atoms with Gasteiger partial charge in [0.15, 0.2) is 0 Å². The van der Waals surface area contributed by atoms with E-state index in [0.717, 1.165) is 0 Å². The second-order valence-electron chi connectivity index (χ2n) is 0.473. The molecule has 0 aromatic carbocycles. The maximum absolute atomic E-state index is 10.4. The summed E-state index contributed by atoms with van der Waals surface area (Å²) in [5, 5.41) is 0. The van der Waals surface area contributed by atoms with Gasteiger partial charge in [-0.25, -0.2) is 4.57 Å². The fraction of sp³-hybridized carbons (Fsp3) is 0. The van der Waals surface area contributed by atoms with Gasteiger partial charge in [0.2, 0.25) is 0 Å². The van der Waals surface area contributed by atoms with Crippen molar-refractivity contribution in [3.05, 3.63) is 0 Å². The van der Waals surface area contributed by atoms with Gasteiger partial charge < -0.3 is 0 Å². The van der Waals surface area contributed by atoms with E-state index in [1.165, 1.54) is 0 Å². The monoisotopic (exact) mass is 140 g/mol. The van der Waals surface area contributed by atoms with E-state index in [4.69, 9.17) is 14.4 Å². The molecule has 0 aliphatic rings. The second kappa shape index (κ2) is 3.36. The van der Waals surface area contributed by atoms with Crippen LogP contribution >= 0.6 is 7.91 Å². The molecule has 0 aromatic rings. The molecule has 0 unspecified atom stereocenters. The fourth-order valence-electron chi connectivity index (χ4n) is 0. The van der Waals surface area contributed by atoms with Crippen LogP contribution in [-0.4, -0.2) is 47.5 Å². The molecule has 6 heteroatoms. The summed E-state index contributed by atoms with van der Waals surface area (Å²) < 4.78 is 19.0. The van der Waals surface area contributed by atoms with Crippen LogP contribution in [0.15, 0.2) is 0 Å². The molecule has 0 heterocycles. The molecule has 3 nitrogen and oxygen atoms in total. The van der Waals surface area contributed by atoms with Crippen molar-refractivity contribution >= 4 is 45.6 Å². The first-order valence-corrected chi connectivity index (χ1v) is 2.25. The molecule has 0 spiro atoms. The summed E-state index contributed by atoms with van der Waals surface area (Å²) in [7, 11) is -5.14. The molecule has 0 saturated heterocycles. The van der Waals surface area contributed by atoms with Gasteiger partial charge in [0.25, 0.3) is 0 Å². The van der Waals surface area contributed by atoms with Crippen LogP contribution in [0.25, 0.3) is 0 Å². The Morgan fingerprint density at radius 2 is 1.50 bits per heavy atom. The molecule has 2 radical (unpaired) electrons. The zero-order chi connectivity index (χ0) is 4.50. The quantitative estimate of drug-likeness (QED) is 0.357. The average Bonchev–Trinajstić information content (AvgIpc) is 0.722. The predicted molar refractivity (Wildman–Crippen MR) is 18.9 cm³/mol. The molecule has 2 N–H and O–H groups in total. The number of hydrogen-bond donors (Lipinski definition) is 2. The van der Waals surface area contributed by atoms with E-state index in [1.807, 2.05) is 0 Å². The Kier molecular flexibility index (Phi) is 5.79. The first-order valence-electron chi connectivity index (χ1n) is 0.752. The van der Waals surface area contributed by atoms with Crippen LogP contribution in [-0.2, 0) is 4.57 Å². The first-order chi connectivity index (χ1) is 2.00. The number of hydrogen-bond acceptors (Lipinski definition) is 1. The first kappa shape index (κ1) is 10.3. The van der Waals surface area contributed by atoms with Gasteiger partial charge in [-0.05, 0) is 0 Å². The van der Waals surface area contributed by atoms with Crippen molar-refractivity contribution in [2.24, 2.45) is 0 Å². The Bertz CT molecular complexity index is 56.9. The Labute approximate surface area is 63.8 Å². The third-order valence-electron chi connectivity index (χ3n) is 0. The van der Waals surface area contributed by atoms with Gasteiger partial charge in [0, 0.05) is 37.7 Å². The molecule has 34 valence electrons. The SMILES string of the molecule is O=P(O)(O)F.[Ca]. The summed E-state index contributed by atoms with van der Waals surface area (Å²) in [6.45, 7) is 0. The number of rotatable bonds is 0. The molecular formula is H2CaFO3P. The standard InChI is InChI=1S/Ca.FH2O3P/c;1-5(2,3)4/h;(H2,2,3,4). The van der Waals surface area contributed by atoms with Crippen LogP contribution in [0.2, 0.25) is 0 Å². The molecule has 0 aromatic heterocycles. The van der Waals surface area contributed by atoms with Crippen molar-refractivity contribution in [1.82, 2.24) is 0 Å². The molecule has 0 rings (SSSR count). The molecule has 0 saturated carbocycles. The Balaban J connectivity index is 0. The molecular weight excluding hydrogens is 138 g/mol. The van der Waals surface area contributed by atoms with Gasteiger partial charge >= 0.3 is 7.91 Å². The zero-order valence-electron chi connectivity index (χ0n) is 2.83. The van der Waals surface area contributed by atoms with Crippen molar-refractivity contribution in [1.29, 1.82) is 0 Å². The third-order valence-corrected chi connectivity index (χ3v) is 0. The van der Waals surface area contributed by atoms with E-state index in [9.17, 15) is 4.20 Å². The maximum atomic E-state index is 10.4. The largest absolute Gasteiger partial charge is 0.507 e. The maximum Gasteiger partial charge on any atom is 0.507 e. The van der Waals surface area contributed by atoms with Crippen molar-refractivity contribution in [3.8, 4) is 0 Å². The van der Waals surface area contributed by atoms with Gasteiger partial charge in [0.05, 0.1) is 0 Å².